The first-order valence-corrected chi connectivity index (χ1v) is 18.0. The third kappa shape index (κ3) is 4.33. The number of hydrogen-bond acceptors (Lipinski definition) is 3. The van der Waals surface area contributed by atoms with E-state index < -0.39 is 0 Å². The molecule has 9 aromatic rings. The van der Waals surface area contributed by atoms with Crippen molar-refractivity contribution in [3.05, 3.63) is 169 Å². The maximum absolute atomic E-state index is 5.48. The van der Waals surface area contributed by atoms with Gasteiger partial charge in [0, 0.05) is 42.3 Å². The van der Waals surface area contributed by atoms with Crippen LogP contribution in [0.25, 0.3) is 87.1 Å². The number of nitrogens with zero attached hydrogens (tertiary/aromatic N) is 2. The molecule has 0 amide bonds. The highest BCUT2D eigenvalue weighted by atomic mass is 32.1. The molecule has 10 rings (SSSR count). The molecule has 50 heavy (non-hydrogen) atoms. The van der Waals surface area contributed by atoms with Gasteiger partial charge in [0.15, 0.2) is 5.82 Å². The molecule has 2 heterocycles. The van der Waals surface area contributed by atoms with Crippen molar-refractivity contribution in [2.45, 2.75) is 19.3 Å². The van der Waals surface area contributed by atoms with Crippen molar-refractivity contribution in [1.29, 1.82) is 0 Å². The molecule has 236 valence electrons. The molecule has 7 aromatic carbocycles. The molecule has 0 saturated carbocycles. The van der Waals surface area contributed by atoms with E-state index in [-0.39, 0.29) is 5.41 Å². The minimum absolute atomic E-state index is 0.119. The number of fused-ring (bicyclic) bond motifs is 7. The Bertz CT molecular complexity index is 2800. The summed E-state index contributed by atoms with van der Waals surface area (Å²) in [7, 11) is 0. The lowest BCUT2D eigenvalue weighted by Gasteiger charge is -2.21. The maximum atomic E-state index is 5.48. The quantitative estimate of drug-likeness (QED) is 0.188. The Morgan fingerprint density at radius 1 is 0.440 bits per heavy atom. The maximum Gasteiger partial charge on any atom is 0.161 e. The highest BCUT2D eigenvalue weighted by molar-refractivity contribution is 7.26. The van der Waals surface area contributed by atoms with E-state index in [1.54, 1.807) is 0 Å². The van der Waals surface area contributed by atoms with Crippen molar-refractivity contribution in [3.63, 3.8) is 0 Å². The zero-order chi connectivity index (χ0) is 33.4. The van der Waals surface area contributed by atoms with Crippen LogP contribution in [0.3, 0.4) is 0 Å². The van der Waals surface area contributed by atoms with Crippen molar-refractivity contribution < 1.29 is 0 Å². The molecule has 2 nitrogen and oxygen atoms in total. The van der Waals surface area contributed by atoms with Gasteiger partial charge in [-0.3, -0.25) is 0 Å². The average Bonchev–Trinajstić information content (AvgIpc) is 3.67. The average molecular weight is 657 g/mol. The van der Waals surface area contributed by atoms with Gasteiger partial charge < -0.3 is 0 Å². The third-order valence-corrected chi connectivity index (χ3v) is 11.8. The second kappa shape index (κ2) is 11.1. The Balaban J connectivity index is 1.27. The predicted molar refractivity (Wildman–Crippen MR) is 212 cm³/mol. The fraction of sp³-hybridized carbons (Fsp3) is 0.0638. The summed E-state index contributed by atoms with van der Waals surface area (Å²) in [5.41, 5.74) is 12.5. The highest BCUT2D eigenvalue weighted by Crippen LogP contribution is 2.52. The van der Waals surface area contributed by atoms with Crippen LogP contribution in [-0.4, -0.2) is 9.97 Å². The van der Waals surface area contributed by atoms with Crippen molar-refractivity contribution in [1.82, 2.24) is 9.97 Å². The molecule has 0 fully saturated rings. The molecule has 1 aliphatic carbocycles. The van der Waals surface area contributed by atoms with Crippen LogP contribution >= 0.6 is 11.3 Å². The van der Waals surface area contributed by atoms with Gasteiger partial charge in [-0.15, -0.1) is 11.3 Å². The first-order chi connectivity index (χ1) is 24.6. The lowest BCUT2D eigenvalue weighted by Crippen LogP contribution is -2.14. The summed E-state index contributed by atoms with van der Waals surface area (Å²) in [5, 5.41) is 5.00. The number of rotatable bonds is 4. The zero-order valence-electron chi connectivity index (χ0n) is 27.8. The van der Waals surface area contributed by atoms with Gasteiger partial charge >= 0.3 is 0 Å². The molecule has 0 bridgehead atoms. The second-order valence-corrected chi connectivity index (χ2v) is 14.8. The Hall–Kier alpha value is -5.90. The molecule has 2 aromatic heterocycles. The summed E-state index contributed by atoms with van der Waals surface area (Å²) in [6.07, 6.45) is 0. The van der Waals surface area contributed by atoms with Crippen LogP contribution in [0.2, 0.25) is 0 Å². The fourth-order valence-electron chi connectivity index (χ4n) is 8.14. The molecule has 0 atom stereocenters. The lowest BCUT2D eigenvalue weighted by molar-refractivity contribution is 0.660. The van der Waals surface area contributed by atoms with Crippen LogP contribution in [0, 0.1) is 0 Å². The number of hydrogen-bond donors (Lipinski definition) is 0. The summed E-state index contributed by atoms with van der Waals surface area (Å²) < 4.78 is 2.53. The van der Waals surface area contributed by atoms with E-state index in [1.807, 2.05) is 11.3 Å². The molecule has 0 unspecified atom stereocenters. The highest BCUT2D eigenvalue weighted by Gasteiger charge is 2.37. The Morgan fingerprint density at radius 3 is 1.88 bits per heavy atom. The van der Waals surface area contributed by atoms with Crippen molar-refractivity contribution >= 4 is 42.3 Å². The summed E-state index contributed by atoms with van der Waals surface area (Å²) in [5.74, 6) is 0.743. The van der Waals surface area contributed by atoms with Gasteiger partial charge in [-0.05, 0) is 56.3 Å². The van der Waals surface area contributed by atoms with Gasteiger partial charge in [0.1, 0.15) is 0 Å². The van der Waals surface area contributed by atoms with Gasteiger partial charge in [0.25, 0.3) is 0 Å². The van der Waals surface area contributed by atoms with Crippen LogP contribution in [0.5, 0.6) is 0 Å². The van der Waals surface area contributed by atoms with E-state index in [4.69, 9.17) is 9.97 Å². The molecule has 0 N–H and O–H groups in total. The normalized spacial score (nSPS) is 13.2. The topological polar surface area (TPSA) is 25.8 Å². The molecule has 0 spiro atoms. The third-order valence-electron chi connectivity index (χ3n) is 10.5. The van der Waals surface area contributed by atoms with E-state index >= 15 is 0 Å². The van der Waals surface area contributed by atoms with Crippen LogP contribution < -0.4 is 0 Å². The van der Waals surface area contributed by atoms with E-state index in [1.165, 1.54) is 58.8 Å². The lowest BCUT2D eigenvalue weighted by atomic mass is 9.82. The minimum atomic E-state index is -0.119. The first-order valence-electron chi connectivity index (χ1n) is 17.2. The summed E-state index contributed by atoms with van der Waals surface area (Å²) in [6, 6.07) is 56.9. The van der Waals surface area contributed by atoms with Crippen molar-refractivity contribution in [3.8, 4) is 56.2 Å². The zero-order valence-corrected chi connectivity index (χ0v) is 28.6. The largest absolute Gasteiger partial charge is 0.228 e. The molecular formula is C47H32N2S. The van der Waals surface area contributed by atoms with Crippen LogP contribution in [0.15, 0.2) is 158 Å². The Kier molecular flexibility index (Phi) is 6.43. The number of benzene rings is 7. The fourth-order valence-corrected chi connectivity index (χ4v) is 9.36. The van der Waals surface area contributed by atoms with Gasteiger partial charge in [-0.2, -0.15) is 0 Å². The van der Waals surface area contributed by atoms with Crippen molar-refractivity contribution in [2.75, 3.05) is 0 Å². The van der Waals surface area contributed by atoms with E-state index in [2.05, 4.69) is 172 Å². The van der Waals surface area contributed by atoms with Gasteiger partial charge in [-0.25, -0.2) is 9.97 Å². The smallest absolute Gasteiger partial charge is 0.161 e. The monoisotopic (exact) mass is 656 g/mol. The predicted octanol–water partition coefficient (Wildman–Crippen LogP) is 13.0. The number of thiophene rings is 1. The van der Waals surface area contributed by atoms with E-state index in [0.29, 0.717) is 0 Å². The molecular weight excluding hydrogens is 625 g/mol. The second-order valence-electron chi connectivity index (χ2n) is 13.7. The van der Waals surface area contributed by atoms with E-state index in [0.717, 1.165) is 39.5 Å². The van der Waals surface area contributed by atoms with Gasteiger partial charge in [-0.1, -0.05) is 159 Å². The molecule has 0 saturated heterocycles. The Labute approximate surface area is 295 Å². The van der Waals surface area contributed by atoms with Crippen molar-refractivity contribution in [2.24, 2.45) is 0 Å². The SMILES string of the molecule is CC1(C)c2ccccc2-c2c(-c3nc(-c4ccccc4-c4cccc5ccccc45)cc(-c4cccc5c4sc4ccccc45)n3)cccc21. The van der Waals surface area contributed by atoms with Crippen LogP contribution in [0.4, 0.5) is 0 Å². The van der Waals surface area contributed by atoms with Crippen LogP contribution in [-0.2, 0) is 5.41 Å². The molecule has 0 aliphatic heterocycles. The molecule has 3 heteroatoms. The molecule has 0 radical (unpaired) electrons. The first kappa shape index (κ1) is 29.1. The Morgan fingerprint density at radius 2 is 1.00 bits per heavy atom. The summed E-state index contributed by atoms with van der Waals surface area (Å²) >= 11 is 1.84. The summed E-state index contributed by atoms with van der Waals surface area (Å²) in [4.78, 5) is 10.9. The van der Waals surface area contributed by atoms with Gasteiger partial charge in [0.2, 0.25) is 0 Å². The molecule has 1 aliphatic rings. The van der Waals surface area contributed by atoms with Gasteiger partial charge in [0.05, 0.1) is 11.4 Å². The standard InChI is InChI=1S/C47H32N2S/c1-47(2)39-25-9-7-20-36(39)44-38(24-13-26-40(44)47)46-48-41(33-18-6-5-17-32(33)31-21-11-15-29-14-3-4-16-30(29)31)28-42(49-46)37-23-12-22-35-34-19-8-10-27-43(34)50-45(35)37/h3-28H,1-2H3. The number of aromatic nitrogens is 2. The minimum Gasteiger partial charge on any atom is -0.228 e. The van der Waals surface area contributed by atoms with E-state index in [9.17, 15) is 0 Å². The summed E-state index contributed by atoms with van der Waals surface area (Å²) in [6.45, 7) is 4.65. The van der Waals surface area contributed by atoms with Crippen LogP contribution in [0.1, 0.15) is 25.0 Å².